The van der Waals surface area contributed by atoms with E-state index in [2.05, 4.69) is 51.9 Å². The van der Waals surface area contributed by atoms with Crippen LogP contribution in [0.3, 0.4) is 0 Å². The molecule has 3 N–H and O–H groups in total. The fourth-order valence-corrected chi connectivity index (χ4v) is 3.43. The SMILES string of the molecule is CCNC(=NCCC(=O)N(CC)CC)NCCc1c[nH]c2c(CC)cccc12. The highest BCUT2D eigenvalue weighted by atomic mass is 16.2. The molecule has 2 aromatic rings. The molecule has 2 rings (SSSR count). The number of hydrogen-bond acceptors (Lipinski definition) is 2. The molecule has 1 amide bonds. The molecule has 0 spiro atoms. The molecule has 0 radical (unpaired) electrons. The lowest BCUT2D eigenvalue weighted by atomic mass is 10.1. The monoisotopic (exact) mass is 385 g/mol. The number of aliphatic imine (C=N–C) groups is 1. The van der Waals surface area contributed by atoms with E-state index in [1.165, 1.54) is 22.0 Å². The van der Waals surface area contributed by atoms with Gasteiger partial charge in [0.1, 0.15) is 0 Å². The van der Waals surface area contributed by atoms with Crippen molar-refractivity contribution in [2.24, 2.45) is 4.99 Å². The van der Waals surface area contributed by atoms with E-state index in [1.807, 2.05) is 25.7 Å². The lowest BCUT2D eigenvalue weighted by Crippen LogP contribution is -2.38. The van der Waals surface area contributed by atoms with Gasteiger partial charge in [-0.05, 0) is 44.7 Å². The predicted octanol–water partition coefficient (Wildman–Crippen LogP) is 3.09. The Kier molecular flexibility index (Phi) is 8.85. The van der Waals surface area contributed by atoms with Crippen LogP contribution in [0, 0.1) is 0 Å². The van der Waals surface area contributed by atoms with Gasteiger partial charge in [0.15, 0.2) is 5.96 Å². The second-order valence-corrected chi connectivity index (χ2v) is 6.76. The van der Waals surface area contributed by atoms with Crippen molar-refractivity contribution in [1.29, 1.82) is 0 Å². The molecule has 1 aromatic heterocycles. The third kappa shape index (κ3) is 5.75. The van der Waals surface area contributed by atoms with Crippen LogP contribution in [0.5, 0.6) is 0 Å². The minimum atomic E-state index is 0.162. The van der Waals surface area contributed by atoms with Crippen molar-refractivity contribution in [1.82, 2.24) is 20.5 Å². The Balaban J connectivity index is 1.90. The Morgan fingerprint density at radius 2 is 1.89 bits per heavy atom. The van der Waals surface area contributed by atoms with E-state index in [0.717, 1.165) is 45.0 Å². The van der Waals surface area contributed by atoms with E-state index in [4.69, 9.17) is 0 Å². The van der Waals surface area contributed by atoms with Crippen LogP contribution in [-0.2, 0) is 17.6 Å². The zero-order valence-electron chi connectivity index (χ0n) is 17.8. The van der Waals surface area contributed by atoms with E-state index in [-0.39, 0.29) is 5.91 Å². The van der Waals surface area contributed by atoms with E-state index in [9.17, 15) is 4.79 Å². The number of carbonyl (C=O) groups is 1. The molecule has 6 nitrogen and oxygen atoms in total. The number of aromatic amines is 1. The van der Waals surface area contributed by atoms with Gasteiger partial charge in [-0.3, -0.25) is 9.79 Å². The van der Waals surface area contributed by atoms with Gasteiger partial charge in [-0.25, -0.2) is 0 Å². The third-order valence-electron chi connectivity index (χ3n) is 5.01. The normalized spacial score (nSPS) is 11.6. The van der Waals surface area contributed by atoms with Crippen molar-refractivity contribution in [3.05, 3.63) is 35.5 Å². The van der Waals surface area contributed by atoms with Gasteiger partial charge in [-0.1, -0.05) is 25.1 Å². The summed E-state index contributed by atoms with van der Waals surface area (Å²) in [7, 11) is 0. The number of benzene rings is 1. The van der Waals surface area contributed by atoms with E-state index in [0.29, 0.717) is 13.0 Å². The summed E-state index contributed by atoms with van der Waals surface area (Å²) in [4.78, 5) is 21.9. The lowest BCUT2D eigenvalue weighted by molar-refractivity contribution is -0.130. The molecule has 1 heterocycles. The van der Waals surface area contributed by atoms with Crippen LogP contribution in [-0.4, -0.2) is 54.5 Å². The van der Waals surface area contributed by atoms with Gasteiger partial charge in [-0.15, -0.1) is 0 Å². The molecule has 6 heteroatoms. The Hall–Kier alpha value is -2.50. The fourth-order valence-electron chi connectivity index (χ4n) is 3.43. The maximum Gasteiger partial charge on any atom is 0.224 e. The van der Waals surface area contributed by atoms with Crippen LogP contribution < -0.4 is 10.6 Å². The third-order valence-corrected chi connectivity index (χ3v) is 5.01. The average molecular weight is 386 g/mol. The molecular formula is C22H35N5O. The van der Waals surface area contributed by atoms with Crippen LogP contribution in [0.15, 0.2) is 29.4 Å². The number of nitrogens with one attached hydrogen (secondary N) is 3. The molecule has 0 aliphatic carbocycles. The van der Waals surface area contributed by atoms with Gasteiger partial charge < -0.3 is 20.5 Å². The molecular weight excluding hydrogens is 350 g/mol. The summed E-state index contributed by atoms with van der Waals surface area (Å²) >= 11 is 0. The summed E-state index contributed by atoms with van der Waals surface area (Å²) in [6.07, 6.45) is 4.49. The van der Waals surface area contributed by atoms with Crippen LogP contribution in [0.1, 0.15) is 45.2 Å². The first-order valence-electron chi connectivity index (χ1n) is 10.5. The van der Waals surface area contributed by atoms with Crippen LogP contribution >= 0.6 is 0 Å². The molecule has 0 saturated heterocycles. The van der Waals surface area contributed by atoms with E-state index >= 15 is 0 Å². The second kappa shape index (κ2) is 11.4. The minimum absolute atomic E-state index is 0.162. The first-order valence-corrected chi connectivity index (χ1v) is 10.5. The molecule has 0 saturated carbocycles. The minimum Gasteiger partial charge on any atom is -0.361 e. The number of carbonyl (C=O) groups excluding carboxylic acids is 1. The highest BCUT2D eigenvalue weighted by Crippen LogP contribution is 2.22. The van der Waals surface area contributed by atoms with Crippen molar-refractivity contribution in [2.75, 3.05) is 32.7 Å². The second-order valence-electron chi connectivity index (χ2n) is 6.76. The molecule has 0 aliphatic heterocycles. The smallest absolute Gasteiger partial charge is 0.224 e. The number of H-pyrrole nitrogens is 1. The van der Waals surface area contributed by atoms with Crippen molar-refractivity contribution < 1.29 is 4.79 Å². The first kappa shape index (κ1) is 21.8. The maximum absolute atomic E-state index is 12.1. The Labute approximate surface area is 168 Å². The van der Waals surface area contributed by atoms with Crippen LogP contribution in [0.4, 0.5) is 0 Å². The number of aryl methyl sites for hydroxylation is 1. The lowest BCUT2D eigenvalue weighted by Gasteiger charge is -2.18. The molecule has 1 aromatic carbocycles. The Morgan fingerprint density at radius 3 is 2.57 bits per heavy atom. The fraction of sp³-hybridized carbons (Fsp3) is 0.545. The summed E-state index contributed by atoms with van der Waals surface area (Å²) in [6, 6.07) is 6.49. The number of nitrogens with zero attached hydrogens (tertiary/aromatic N) is 2. The largest absolute Gasteiger partial charge is 0.361 e. The van der Waals surface area contributed by atoms with Crippen molar-refractivity contribution in [2.45, 2.75) is 47.0 Å². The topological polar surface area (TPSA) is 72.5 Å². The number of rotatable bonds is 10. The summed E-state index contributed by atoms with van der Waals surface area (Å²) in [5, 5.41) is 7.94. The van der Waals surface area contributed by atoms with Gasteiger partial charge in [0.05, 0.1) is 6.54 Å². The zero-order valence-corrected chi connectivity index (χ0v) is 17.8. The standard InChI is InChI=1S/C22H35N5O/c1-5-17-10-9-11-19-18(16-26-21(17)19)12-14-24-22(23-6-2)25-15-13-20(28)27(7-3)8-4/h9-11,16,26H,5-8,12-15H2,1-4H3,(H2,23,24,25). The van der Waals surface area contributed by atoms with Gasteiger partial charge in [0, 0.05) is 49.7 Å². The van der Waals surface area contributed by atoms with Gasteiger partial charge in [0.2, 0.25) is 5.91 Å². The molecule has 0 atom stereocenters. The molecule has 0 unspecified atom stereocenters. The van der Waals surface area contributed by atoms with Crippen molar-refractivity contribution in [3.63, 3.8) is 0 Å². The molecule has 28 heavy (non-hydrogen) atoms. The average Bonchev–Trinajstić information content (AvgIpc) is 3.12. The number of aromatic nitrogens is 1. The Morgan fingerprint density at radius 1 is 1.11 bits per heavy atom. The highest BCUT2D eigenvalue weighted by Gasteiger charge is 2.09. The van der Waals surface area contributed by atoms with Crippen LogP contribution in [0.2, 0.25) is 0 Å². The van der Waals surface area contributed by atoms with Gasteiger partial charge >= 0.3 is 0 Å². The number of fused-ring (bicyclic) bond motifs is 1. The summed E-state index contributed by atoms with van der Waals surface area (Å²) in [5.74, 6) is 0.930. The number of guanidine groups is 1. The number of amides is 1. The first-order chi connectivity index (χ1) is 13.6. The highest BCUT2D eigenvalue weighted by molar-refractivity contribution is 5.86. The predicted molar refractivity (Wildman–Crippen MR) is 118 cm³/mol. The van der Waals surface area contributed by atoms with E-state index < -0.39 is 0 Å². The van der Waals surface area contributed by atoms with Crippen LogP contribution in [0.25, 0.3) is 10.9 Å². The van der Waals surface area contributed by atoms with Crippen molar-refractivity contribution >= 4 is 22.8 Å². The van der Waals surface area contributed by atoms with E-state index in [1.54, 1.807) is 0 Å². The molecule has 0 bridgehead atoms. The summed E-state index contributed by atoms with van der Waals surface area (Å²) in [5.41, 5.74) is 3.91. The number of para-hydroxylation sites is 1. The maximum atomic E-state index is 12.1. The molecule has 0 aliphatic rings. The summed E-state index contributed by atoms with van der Waals surface area (Å²) in [6.45, 7) is 11.8. The van der Waals surface area contributed by atoms with Gasteiger partial charge in [-0.2, -0.15) is 0 Å². The van der Waals surface area contributed by atoms with Gasteiger partial charge in [0.25, 0.3) is 0 Å². The molecule has 154 valence electrons. The van der Waals surface area contributed by atoms with Crippen molar-refractivity contribution in [3.8, 4) is 0 Å². The summed E-state index contributed by atoms with van der Waals surface area (Å²) < 4.78 is 0. The quantitative estimate of drug-likeness (QED) is 0.435. The number of hydrogen-bond donors (Lipinski definition) is 3. The molecule has 0 fully saturated rings. The zero-order chi connectivity index (χ0) is 20.4. The Bertz CT molecular complexity index is 776.